The third-order valence-corrected chi connectivity index (χ3v) is 4.27. The fraction of sp³-hybridized carbons (Fsp3) is 0.357. The Morgan fingerprint density at radius 1 is 1.47 bits per heavy atom. The molecule has 1 saturated carbocycles. The van der Waals surface area contributed by atoms with Crippen LogP contribution in [0.4, 0.5) is 0 Å². The van der Waals surface area contributed by atoms with Crippen LogP contribution in [0.3, 0.4) is 0 Å². The molecule has 0 amide bonds. The van der Waals surface area contributed by atoms with Gasteiger partial charge in [-0.25, -0.2) is 0 Å². The topological polar surface area (TPSA) is 26.3 Å². The van der Waals surface area contributed by atoms with Gasteiger partial charge in [-0.15, -0.1) is 11.3 Å². The van der Waals surface area contributed by atoms with E-state index in [1.807, 2.05) is 6.92 Å². The number of carbonyl (C=O) groups is 1. The molecular formula is C14H14O2S. The SMILES string of the molecule is CCOC(=O)[C@@H]1C[C@@H]1c1csc2ccccc12. The van der Waals surface area contributed by atoms with Gasteiger partial charge in [0.05, 0.1) is 12.5 Å². The molecule has 0 saturated heterocycles. The molecular weight excluding hydrogens is 232 g/mol. The van der Waals surface area contributed by atoms with Gasteiger partial charge >= 0.3 is 5.97 Å². The van der Waals surface area contributed by atoms with Crippen molar-refractivity contribution < 1.29 is 9.53 Å². The minimum absolute atomic E-state index is 0.0345. The van der Waals surface area contributed by atoms with Crippen molar-refractivity contribution in [3.63, 3.8) is 0 Å². The summed E-state index contributed by atoms with van der Waals surface area (Å²) >= 11 is 1.76. The Bertz CT molecular complexity index is 558. The lowest BCUT2D eigenvalue weighted by Crippen LogP contribution is -2.07. The Kier molecular flexibility index (Phi) is 2.63. The number of thiophene rings is 1. The van der Waals surface area contributed by atoms with E-state index in [0.29, 0.717) is 12.5 Å². The van der Waals surface area contributed by atoms with Crippen LogP contribution in [0.1, 0.15) is 24.8 Å². The van der Waals surface area contributed by atoms with Crippen LogP contribution in [0.15, 0.2) is 29.6 Å². The van der Waals surface area contributed by atoms with Crippen molar-refractivity contribution in [3.05, 3.63) is 35.2 Å². The van der Waals surface area contributed by atoms with Gasteiger partial charge in [-0.1, -0.05) is 18.2 Å². The van der Waals surface area contributed by atoms with E-state index >= 15 is 0 Å². The van der Waals surface area contributed by atoms with Crippen LogP contribution in [0, 0.1) is 5.92 Å². The fourth-order valence-electron chi connectivity index (χ4n) is 2.33. The molecule has 2 aromatic rings. The van der Waals surface area contributed by atoms with Gasteiger partial charge in [0.15, 0.2) is 0 Å². The lowest BCUT2D eigenvalue weighted by molar-refractivity contribution is -0.144. The molecule has 0 bridgehead atoms. The third-order valence-electron chi connectivity index (χ3n) is 3.29. The lowest BCUT2D eigenvalue weighted by atomic mass is 10.1. The summed E-state index contributed by atoms with van der Waals surface area (Å²) in [6.07, 6.45) is 0.944. The number of carbonyl (C=O) groups excluding carboxylic acids is 1. The standard InChI is InChI=1S/C14H14O2S/c1-2-16-14(15)11-7-10(11)12-8-17-13-6-4-3-5-9(12)13/h3-6,8,10-11H,2,7H2,1H3/t10-,11+/m0/s1. The molecule has 3 rings (SSSR count). The number of rotatable bonds is 3. The Balaban J connectivity index is 1.85. The van der Waals surface area contributed by atoms with Crippen molar-refractivity contribution in [3.8, 4) is 0 Å². The quantitative estimate of drug-likeness (QED) is 0.774. The van der Waals surface area contributed by atoms with E-state index in [0.717, 1.165) is 6.42 Å². The Morgan fingerprint density at radius 3 is 3.12 bits per heavy atom. The minimum atomic E-state index is -0.0345. The third kappa shape index (κ3) is 1.84. The summed E-state index contributed by atoms with van der Waals surface area (Å²) in [7, 11) is 0. The second-order valence-corrected chi connectivity index (χ2v) is 5.30. The first-order chi connectivity index (χ1) is 8.31. The van der Waals surface area contributed by atoms with Gasteiger partial charge in [0.25, 0.3) is 0 Å². The molecule has 1 aromatic carbocycles. The van der Waals surface area contributed by atoms with E-state index in [-0.39, 0.29) is 11.9 Å². The molecule has 3 heteroatoms. The molecule has 1 aliphatic carbocycles. The number of ether oxygens (including phenoxy) is 1. The van der Waals surface area contributed by atoms with Gasteiger partial charge < -0.3 is 4.74 Å². The number of hydrogen-bond acceptors (Lipinski definition) is 3. The van der Waals surface area contributed by atoms with Crippen LogP contribution in [-0.4, -0.2) is 12.6 Å². The first kappa shape index (κ1) is 10.8. The van der Waals surface area contributed by atoms with Gasteiger partial charge in [-0.05, 0) is 41.7 Å². The highest BCUT2D eigenvalue weighted by Gasteiger charge is 2.46. The summed E-state index contributed by atoms with van der Waals surface area (Å²) in [5.41, 5.74) is 1.32. The van der Waals surface area contributed by atoms with E-state index in [1.54, 1.807) is 11.3 Å². The van der Waals surface area contributed by atoms with Crippen molar-refractivity contribution in [1.82, 2.24) is 0 Å². The zero-order chi connectivity index (χ0) is 11.8. The van der Waals surface area contributed by atoms with Crippen molar-refractivity contribution in [2.45, 2.75) is 19.3 Å². The predicted octanol–water partition coefficient (Wildman–Crippen LogP) is 3.57. The summed E-state index contributed by atoms with van der Waals surface area (Å²) in [6, 6.07) is 8.38. The van der Waals surface area contributed by atoms with Gasteiger partial charge in [-0.3, -0.25) is 4.79 Å². The van der Waals surface area contributed by atoms with Crippen LogP contribution >= 0.6 is 11.3 Å². The van der Waals surface area contributed by atoms with Crippen molar-refractivity contribution >= 4 is 27.4 Å². The van der Waals surface area contributed by atoms with Crippen LogP contribution in [0.5, 0.6) is 0 Å². The zero-order valence-corrected chi connectivity index (χ0v) is 10.5. The number of hydrogen-bond donors (Lipinski definition) is 0. The van der Waals surface area contributed by atoms with E-state index in [4.69, 9.17) is 4.74 Å². The normalized spacial score (nSPS) is 22.6. The van der Waals surface area contributed by atoms with Crippen LogP contribution in [0.2, 0.25) is 0 Å². The van der Waals surface area contributed by atoms with Gasteiger partial charge in [-0.2, -0.15) is 0 Å². The van der Waals surface area contributed by atoms with E-state index in [2.05, 4.69) is 29.6 Å². The molecule has 1 heterocycles. The molecule has 0 aliphatic heterocycles. The average Bonchev–Trinajstić information content (AvgIpc) is 3.02. The maximum absolute atomic E-state index is 11.6. The second kappa shape index (κ2) is 4.15. The van der Waals surface area contributed by atoms with Gasteiger partial charge in [0, 0.05) is 4.70 Å². The fourth-order valence-corrected chi connectivity index (χ4v) is 3.36. The summed E-state index contributed by atoms with van der Waals surface area (Å²) < 4.78 is 6.37. The number of esters is 1. The highest BCUT2D eigenvalue weighted by Crippen LogP contribution is 2.51. The number of fused-ring (bicyclic) bond motifs is 1. The van der Waals surface area contributed by atoms with E-state index in [9.17, 15) is 4.79 Å². The molecule has 88 valence electrons. The maximum Gasteiger partial charge on any atom is 0.309 e. The molecule has 1 aromatic heterocycles. The molecule has 0 spiro atoms. The Morgan fingerprint density at radius 2 is 2.29 bits per heavy atom. The average molecular weight is 246 g/mol. The van der Waals surface area contributed by atoms with Crippen molar-refractivity contribution in [1.29, 1.82) is 0 Å². The van der Waals surface area contributed by atoms with Crippen molar-refractivity contribution in [2.24, 2.45) is 5.92 Å². The lowest BCUT2D eigenvalue weighted by Gasteiger charge is -2.00. The van der Waals surface area contributed by atoms with E-state index in [1.165, 1.54) is 15.6 Å². The largest absolute Gasteiger partial charge is 0.466 e. The summed E-state index contributed by atoms with van der Waals surface area (Å²) in [5, 5.41) is 3.49. The van der Waals surface area contributed by atoms with Gasteiger partial charge in [0.2, 0.25) is 0 Å². The van der Waals surface area contributed by atoms with Crippen LogP contribution < -0.4 is 0 Å². The Labute approximate surface area is 104 Å². The highest BCUT2D eigenvalue weighted by atomic mass is 32.1. The number of benzene rings is 1. The first-order valence-corrected chi connectivity index (χ1v) is 6.82. The van der Waals surface area contributed by atoms with Gasteiger partial charge in [0.1, 0.15) is 0 Å². The molecule has 1 aliphatic rings. The van der Waals surface area contributed by atoms with Crippen LogP contribution in [-0.2, 0) is 9.53 Å². The highest BCUT2D eigenvalue weighted by molar-refractivity contribution is 7.17. The smallest absolute Gasteiger partial charge is 0.309 e. The predicted molar refractivity (Wildman–Crippen MR) is 69.3 cm³/mol. The first-order valence-electron chi connectivity index (χ1n) is 5.94. The summed E-state index contributed by atoms with van der Waals surface area (Å²) in [5.74, 6) is 0.436. The summed E-state index contributed by atoms with van der Waals surface area (Å²) in [6.45, 7) is 2.34. The van der Waals surface area contributed by atoms with Crippen molar-refractivity contribution in [2.75, 3.05) is 6.61 Å². The molecule has 0 radical (unpaired) electrons. The molecule has 2 atom stereocenters. The summed E-state index contributed by atoms with van der Waals surface area (Å²) in [4.78, 5) is 11.6. The van der Waals surface area contributed by atoms with Crippen LogP contribution in [0.25, 0.3) is 10.1 Å². The maximum atomic E-state index is 11.6. The Hall–Kier alpha value is -1.35. The molecule has 0 N–H and O–H groups in total. The molecule has 2 nitrogen and oxygen atoms in total. The molecule has 17 heavy (non-hydrogen) atoms. The molecule has 1 fully saturated rings. The second-order valence-electron chi connectivity index (χ2n) is 4.39. The van der Waals surface area contributed by atoms with E-state index < -0.39 is 0 Å². The molecule has 0 unspecified atom stereocenters. The zero-order valence-electron chi connectivity index (χ0n) is 9.68. The monoisotopic (exact) mass is 246 g/mol. The minimum Gasteiger partial charge on any atom is -0.466 e.